The van der Waals surface area contributed by atoms with E-state index in [2.05, 4.69) is 5.32 Å². The van der Waals surface area contributed by atoms with E-state index >= 15 is 0 Å². The molecule has 1 unspecified atom stereocenters. The van der Waals surface area contributed by atoms with Gasteiger partial charge in [0.2, 0.25) is 0 Å². The van der Waals surface area contributed by atoms with Gasteiger partial charge in [-0.2, -0.15) is 13.2 Å². The van der Waals surface area contributed by atoms with Gasteiger partial charge in [0.15, 0.2) is 0 Å². The first-order valence-corrected chi connectivity index (χ1v) is 5.90. The van der Waals surface area contributed by atoms with Crippen LogP contribution in [0.3, 0.4) is 0 Å². The number of anilines is 1. The molecule has 2 rings (SSSR count). The third-order valence-corrected chi connectivity index (χ3v) is 3.82. The highest BCUT2D eigenvalue weighted by atomic mass is 19.4. The highest BCUT2D eigenvalue weighted by molar-refractivity contribution is 5.64. The molecule has 0 spiro atoms. The molecule has 18 heavy (non-hydrogen) atoms. The Morgan fingerprint density at radius 1 is 1.33 bits per heavy atom. The van der Waals surface area contributed by atoms with Gasteiger partial charge in [-0.3, -0.25) is 0 Å². The summed E-state index contributed by atoms with van der Waals surface area (Å²) in [6.45, 7) is 2.55. The summed E-state index contributed by atoms with van der Waals surface area (Å²) in [6.07, 6.45) is -3.53. The maximum Gasteiger partial charge on any atom is 0.418 e. The average Bonchev–Trinajstić information content (AvgIpc) is 2.32. The molecule has 1 heterocycles. The Labute approximate surface area is 105 Å². The minimum absolute atomic E-state index is 0.299. The van der Waals surface area contributed by atoms with Crippen LogP contribution in [0.15, 0.2) is 18.2 Å². The molecule has 0 saturated heterocycles. The van der Waals surface area contributed by atoms with E-state index in [1.54, 1.807) is 25.1 Å². The van der Waals surface area contributed by atoms with Gasteiger partial charge in [0.25, 0.3) is 0 Å². The molecule has 0 aliphatic carbocycles. The van der Waals surface area contributed by atoms with Crippen molar-refractivity contribution in [3.63, 3.8) is 0 Å². The van der Waals surface area contributed by atoms with Gasteiger partial charge in [0, 0.05) is 19.1 Å². The summed E-state index contributed by atoms with van der Waals surface area (Å²) in [4.78, 5) is 1.69. The quantitative estimate of drug-likeness (QED) is 0.833. The second kappa shape index (κ2) is 4.16. The molecular weight excluding hydrogens is 241 g/mol. The molecule has 0 radical (unpaired) electrons. The Morgan fingerprint density at radius 3 is 2.56 bits per heavy atom. The summed E-state index contributed by atoms with van der Waals surface area (Å²) in [6, 6.07) is 4.41. The van der Waals surface area contributed by atoms with Crippen LogP contribution in [-0.2, 0) is 11.7 Å². The summed E-state index contributed by atoms with van der Waals surface area (Å²) in [5.74, 6) is 0. The SMILES string of the molecule is CNC1(C)CCN(C)c2c(C(F)(F)F)cccc21. The molecule has 1 aliphatic heterocycles. The van der Waals surface area contributed by atoms with Crippen LogP contribution < -0.4 is 10.2 Å². The van der Waals surface area contributed by atoms with E-state index in [4.69, 9.17) is 0 Å². The number of halogens is 3. The molecule has 0 fully saturated rings. The van der Waals surface area contributed by atoms with Crippen molar-refractivity contribution in [3.8, 4) is 0 Å². The minimum Gasteiger partial charge on any atom is -0.374 e. The first-order valence-electron chi connectivity index (χ1n) is 5.90. The third kappa shape index (κ3) is 1.96. The van der Waals surface area contributed by atoms with Crippen LogP contribution in [-0.4, -0.2) is 20.6 Å². The second-order valence-corrected chi connectivity index (χ2v) is 4.95. The zero-order chi connectivity index (χ0) is 13.6. The molecule has 5 heteroatoms. The first kappa shape index (κ1) is 13.2. The lowest BCUT2D eigenvalue weighted by Gasteiger charge is -2.41. The predicted octanol–water partition coefficient (Wildman–Crippen LogP) is 2.98. The van der Waals surface area contributed by atoms with E-state index in [9.17, 15) is 13.2 Å². The van der Waals surface area contributed by atoms with E-state index < -0.39 is 17.3 Å². The summed E-state index contributed by atoms with van der Waals surface area (Å²) in [5, 5.41) is 3.14. The fourth-order valence-electron chi connectivity index (χ4n) is 2.53. The molecule has 1 aromatic rings. The summed E-state index contributed by atoms with van der Waals surface area (Å²) in [7, 11) is 3.50. The van der Waals surface area contributed by atoms with Gasteiger partial charge < -0.3 is 10.2 Å². The van der Waals surface area contributed by atoms with E-state index in [0.717, 1.165) is 12.5 Å². The standard InChI is InChI=1S/C13H17F3N2/c1-12(17-2)7-8-18(3)11-9(12)5-4-6-10(11)13(14,15)16/h4-6,17H,7-8H2,1-3H3. The molecule has 0 aromatic heterocycles. The van der Waals surface area contributed by atoms with Crippen LogP contribution in [0.2, 0.25) is 0 Å². The van der Waals surface area contributed by atoms with Crippen LogP contribution in [0.1, 0.15) is 24.5 Å². The Bertz CT molecular complexity index is 456. The Hall–Kier alpha value is -1.23. The molecule has 0 saturated carbocycles. The fraction of sp³-hybridized carbons (Fsp3) is 0.538. The van der Waals surface area contributed by atoms with Gasteiger partial charge in [-0.25, -0.2) is 0 Å². The Kier molecular flexibility index (Phi) is 3.05. The number of nitrogens with zero attached hydrogens (tertiary/aromatic N) is 1. The van der Waals surface area contributed by atoms with Crippen molar-refractivity contribution in [3.05, 3.63) is 29.3 Å². The van der Waals surface area contributed by atoms with Crippen molar-refractivity contribution >= 4 is 5.69 Å². The molecule has 0 amide bonds. The Morgan fingerprint density at radius 2 is 2.00 bits per heavy atom. The zero-order valence-corrected chi connectivity index (χ0v) is 10.7. The van der Waals surface area contributed by atoms with Gasteiger partial charge in [0.1, 0.15) is 0 Å². The van der Waals surface area contributed by atoms with Crippen molar-refractivity contribution in [2.24, 2.45) is 0 Å². The highest BCUT2D eigenvalue weighted by Gasteiger charge is 2.40. The fourth-order valence-corrected chi connectivity index (χ4v) is 2.53. The van der Waals surface area contributed by atoms with E-state index in [1.807, 2.05) is 6.92 Å². The number of para-hydroxylation sites is 1. The number of alkyl halides is 3. The summed E-state index contributed by atoms with van der Waals surface area (Å²) >= 11 is 0. The zero-order valence-electron chi connectivity index (χ0n) is 10.7. The topological polar surface area (TPSA) is 15.3 Å². The van der Waals surface area contributed by atoms with Crippen molar-refractivity contribution < 1.29 is 13.2 Å². The summed E-state index contributed by atoms with van der Waals surface area (Å²) < 4.78 is 39.2. The van der Waals surface area contributed by atoms with Crippen molar-refractivity contribution in [2.45, 2.75) is 25.1 Å². The van der Waals surface area contributed by atoms with Crippen LogP contribution in [0, 0.1) is 0 Å². The lowest BCUT2D eigenvalue weighted by atomic mass is 9.82. The van der Waals surface area contributed by atoms with Crippen LogP contribution in [0.25, 0.3) is 0 Å². The van der Waals surface area contributed by atoms with Gasteiger partial charge in [-0.1, -0.05) is 12.1 Å². The number of hydrogen-bond donors (Lipinski definition) is 1. The predicted molar refractivity (Wildman–Crippen MR) is 65.7 cm³/mol. The van der Waals surface area contributed by atoms with E-state index in [1.165, 1.54) is 6.07 Å². The number of nitrogens with one attached hydrogen (secondary N) is 1. The highest BCUT2D eigenvalue weighted by Crippen LogP contribution is 2.44. The third-order valence-electron chi connectivity index (χ3n) is 3.82. The van der Waals surface area contributed by atoms with E-state index in [0.29, 0.717) is 17.8 Å². The number of hydrogen-bond acceptors (Lipinski definition) is 2. The monoisotopic (exact) mass is 258 g/mol. The van der Waals surface area contributed by atoms with Crippen molar-refractivity contribution in [1.82, 2.24) is 5.32 Å². The van der Waals surface area contributed by atoms with Gasteiger partial charge in [-0.05, 0) is 32.0 Å². The molecule has 0 bridgehead atoms. The summed E-state index contributed by atoms with van der Waals surface area (Å²) in [5.41, 5.74) is 0.0636. The van der Waals surface area contributed by atoms with Crippen LogP contribution >= 0.6 is 0 Å². The van der Waals surface area contributed by atoms with Crippen molar-refractivity contribution in [2.75, 3.05) is 25.5 Å². The van der Waals surface area contributed by atoms with Crippen LogP contribution in [0.5, 0.6) is 0 Å². The van der Waals surface area contributed by atoms with E-state index in [-0.39, 0.29) is 0 Å². The van der Waals surface area contributed by atoms with Gasteiger partial charge in [0.05, 0.1) is 11.3 Å². The van der Waals surface area contributed by atoms with Gasteiger partial charge in [-0.15, -0.1) is 0 Å². The molecule has 1 aliphatic rings. The normalized spacial score (nSPS) is 24.0. The molecule has 1 N–H and O–H groups in total. The maximum atomic E-state index is 13.1. The minimum atomic E-state index is -4.31. The van der Waals surface area contributed by atoms with Gasteiger partial charge >= 0.3 is 6.18 Å². The average molecular weight is 258 g/mol. The molecular formula is C13H17F3N2. The largest absolute Gasteiger partial charge is 0.418 e. The van der Waals surface area contributed by atoms with Crippen molar-refractivity contribution in [1.29, 1.82) is 0 Å². The number of rotatable bonds is 1. The maximum absolute atomic E-state index is 13.1. The molecule has 100 valence electrons. The van der Waals surface area contributed by atoms with Crippen LogP contribution in [0.4, 0.5) is 18.9 Å². The number of fused-ring (bicyclic) bond motifs is 1. The number of benzene rings is 1. The molecule has 1 aromatic carbocycles. The lowest BCUT2D eigenvalue weighted by Crippen LogP contribution is -2.45. The lowest BCUT2D eigenvalue weighted by molar-refractivity contribution is -0.137. The molecule has 1 atom stereocenters. The smallest absolute Gasteiger partial charge is 0.374 e. The molecule has 2 nitrogen and oxygen atoms in total. The second-order valence-electron chi connectivity index (χ2n) is 4.95. The Balaban J connectivity index is 2.67. The first-order chi connectivity index (χ1) is 8.29.